The number of hydrogen-bond acceptors (Lipinski definition) is 7. The van der Waals surface area contributed by atoms with Crippen molar-refractivity contribution in [1.29, 1.82) is 0 Å². The third-order valence-corrected chi connectivity index (χ3v) is 4.95. The maximum atomic E-state index is 13.1. The smallest absolute Gasteiger partial charge is 0.328 e. The molecule has 2 aromatic heterocycles. The van der Waals surface area contributed by atoms with E-state index in [0.29, 0.717) is 10.9 Å². The highest BCUT2D eigenvalue weighted by Crippen LogP contribution is 2.23. The summed E-state index contributed by atoms with van der Waals surface area (Å²) in [4.78, 5) is 29.8. The largest absolute Gasteiger partial charge is 0.508 e. The highest BCUT2D eigenvalue weighted by Gasteiger charge is 2.25. The lowest BCUT2D eigenvalue weighted by Crippen LogP contribution is -2.43. The van der Waals surface area contributed by atoms with E-state index < -0.39 is 17.9 Å². The molecule has 3 N–H and O–H groups in total. The summed E-state index contributed by atoms with van der Waals surface area (Å²) in [7, 11) is 1.25. The van der Waals surface area contributed by atoms with Gasteiger partial charge in [0.15, 0.2) is 5.82 Å². The molecule has 1 atom stereocenters. The molecule has 9 nitrogen and oxygen atoms in total. The summed E-state index contributed by atoms with van der Waals surface area (Å²) in [6.45, 7) is 0. The number of aromatic hydroxyl groups is 2. The molecule has 2 aromatic carbocycles. The molecule has 0 aliphatic rings. The van der Waals surface area contributed by atoms with Crippen molar-refractivity contribution in [3.05, 3.63) is 78.1 Å². The Balaban J connectivity index is 1.65. The molecular weight excluding hydrogens is 412 g/mol. The molecule has 2 heterocycles. The van der Waals surface area contributed by atoms with Crippen LogP contribution in [0.3, 0.4) is 0 Å². The lowest BCUT2D eigenvalue weighted by atomic mass is 10.1. The number of carbonyl (C=O) groups excluding carboxylic acids is 2. The van der Waals surface area contributed by atoms with Gasteiger partial charge in [0.05, 0.1) is 24.4 Å². The van der Waals surface area contributed by atoms with Crippen LogP contribution in [0.4, 0.5) is 0 Å². The number of aromatic nitrogens is 3. The summed E-state index contributed by atoms with van der Waals surface area (Å²) in [5, 5.41) is 26.8. The van der Waals surface area contributed by atoms with E-state index in [1.807, 2.05) is 0 Å². The van der Waals surface area contributed by atoms with Crippen LogP contribution in [-0.4, -0.2) is 50.0 Å². The highest BCUT2D eigenvalue weighted by atomic mass is 16.5. The minimum atomic E-state index is -0.948. The monoisotopic (exact) mass is 432 g/mol. The Kier molecular flexibility index (Phi) is 5.71. The molecule has 0 aliphatic heterocycles. The van der Waals surface area contributed by atoms with Gasteiger partial charge in [-0.15, -0.1) is 0 Å². The first kappa shape index (κ1) is 20.9. The predicted molar refractivity (Wildman–Crippen MR) is 116 cm³/mol. The van der Waals surface area contributed by atoms with Crippen LogP contribution < -0.4 is 5.32 Å². The molecule has 9 heteroatoms. The van der Waals surface area contributed by atoms with E-state index in [4.69, 9.17) is 4.74 Å². The maximum absolute atomic E-state index is 13.1. The van der Waals surface area contributed by atoms with Gasteiger partial charge in [0.25, 0.3) is 5.91 Å². The topological polar surface area (TPSA) is 127 Å². The number of esters is 1. The Hall–Kier alpha value is -4.40. The number of pyridine rings is 1. The van der Waals surface area contributed by atoms with Gasteiger partial charge in [-0.1, -0.05) is 12.1 Å². The van der Waals surface area contributed by atoms with Crippen molar-refractivity contribution >= 4 is 22.8 Å². The average molecular weight is 432 g/mol. The number of carbonyl (C=O) groups is 2. The maximum Gasteiger partial charge on any atom is 0.328 e. The Morgan fingerprint density at radius 2 is 1.84 bits per heavy atom. The lowest BCUT2D eigenvalue weighted by molar-refractivity contribution is -0.142. The van der Waals surface area contributed by atoms with E-state index in [9.17, 15) is 19.8 Å². The first-order valence-electron chi connectivity index (χ1n) is 9.75. The van der Waals surface area contributed by atoms with Crippen LogP contribution in [0.1, 0.15) is 15.9 Å². The van der Waals surface area contributed by atoms with Gasteiger partial charge in [0, 0.05) is 18.0 Å². The number of nitrogens with zero attached hydrogens (tertiary/aromatic N) is 3. The normalized spacial score (nSPS) is 11.8. The quantitative estimate of drug-likeness (QED) is 0.399. The fourth-order valence-electron chi connectivity index (χ4n) is 3.37. The van der Waals surface area contributed by atoms with E-state index in [0.717, 1.165) is 5.56 Å². The van der Waals surface area contributed by atoms with Crippen molar-refractivity contribution in [2.45, 2.75) is 12.5 Å². The molecule has 4 aromatic rings. The number of nitrogens with one attached hydrogen (secondary N) is 1. The van der Waals surface area contributed by atoms with Gasteiger partial charge in [-0.05, 0) is 48.0 Å². The van der Waals surface area contributed by atoms with Gasteiger partial charge >= 0.3 is 5.97 Å². The fraction of sp³-hybridized carbons (Fsp3) is 0.130. The van der Waals surface area contributed by atoms with Gasteiger partial charge < -0.3 is 20.3 Å². The summed E-state index contributed by atoms with van der Waals surface area (Å²) in [5.41, 5.74) is 1.61. The van der Waals surface area contributed by atoms with Crippen LogP contribution in [0.15, 0.2) is 67.0 Å². The number of methoxy groups -OCH3 is 1. The molecule has 1 amide bonds. The Bertz CT molecular complexity index is 1280. The zero-order chi connectivity index (χ0) is 22.7. The molecular formula is C23H20N4O5. The number of amides is 1. The fourth-order valence-corrected chi connectivity index (χ4v) is 3.37. The Morgan fingerprint density at radius 3 is 2.59 bits per heavy atom. The summed E-state index contributed by atoms with van der Waals surface area (Å²) >= 11 is 0. The third kappa shape index (κ3) is 4.22. The zero-order valence-corrected chi connectivity index (χ0v) is 17.1. The van der Waals surface area contributed by atoms with E-state index in [1.165, 1.54) is 36.2 Å². The second-order valence-electron chi connectivity index (χ2n) is 7.09. The lowest BCUT2D eigenvalue weighted by Gasteiger charge is -2.18. The number of phenols is 2. The Morgan fingerprint density at radius 1 is 1.09 bits per heavy atom. The molecule has 4 rings (SSSR count). The van der Waals surface area contributed by atoms with E-state index in [-0.39, 0.29) is 29.3 Å². The van der Waals surface area contributed by atoms with Crippen LogP contribution in [0, 0.1) is 0 Å². The molecule has 0 unspecified atom stereocenters. The predicted octanol–water partition coefficient (Wildman–Crippen LogP) is 2.35. The number of hydrogen-bond donors (Lipinski definition) is 3. The number of benzene rings is 2. The zero-order valence-electron chi connectivity index (χ0n) is 17.1. The SMILES string of the molecule is COC(=O)[C@H](Cc1ccc(O)cc1)NC(=O)c1cccnc1-n1ncc2cc(O)ccc21. The molecule has 162 valence electrons. The summed E-state index contributed by atoms with van der Waals surface area (Å²) in [6.07, 6.45) is 3.28. The average Bonchev–Trinajstić information content (AvgIpc) is 3.22. The van der Waals surface area contributed by atoms with Crippen LogP contribution >= 0.6 is 0 Å². The minimum Gasteiger partial charge on any atom is -0.508 e. The third-order valence-electron chi connectivity index (χ3n) is 4.95. The number of rotatable bonds is 6. The van der Waals surface area contributed by atoms with Gasteiger partial charge in [0.1, 0.15) is 17.5 Å². The van der Waals surface area contributed by atoms with Crippen LogP contribution in [0.2, 0.25) is 0 Å². The van der Waals surface area contributed by atoms with E-state index in [2.05, 4.69) is 15.4 Å². The van der Waals surface area contributed by atoms with Crippen LogP contribution in [0.25, 0.3) is 16.7 Å². The molecule has 0 radical (unpaired) electrons. The first-order valence-corrected chi connectivity index (χ1v) is 9.75. The number of fused-ring (bicyclic) bond motifs is 1. The second kappa shape index (κ2) is 8.76. The van der Waals surface area contributed by atoms with Crippen LogP contribution in [-0.2, 0) is 16.0 Å². The summed E-state index contributed by atoms with van der Waals surface area (Å²) < 4.78 is 6.35. The molecule has 0 saturated heterocycles. The molecule has 0 bridgehead atoms. The number of ether oxygens (including phenoxy) is 1. The minimum absolute atomic E-state index is 0.103. The van der Waals surface area contributed by atoms with Crippen LogP contribution in [0.5, 0.6) is 11.5 Å². The first-order chi connectivity index (χ1) is 15.5. The van der Waals surface area contributed by atoms with E-state index in [1.54, 1.807) is 42.6 Å². The molecule has 0 aliphatic carbocycles. The highest BCUT2D eigenvalue weighted by molar-refractivity contribution is 5.99. The van der Waals surface area contributed by atoms with Crippen molar-refractivity contribution in [2.24, 2.45) is 0 Å². The van der Waals surface area contributed by atoms with Crippen molar-refractivity contribution in [3.63, 3.8) is 0 Å². The van der Waals surface area contributed by atoms with Crippen molar-refractivity contribution in [1.82, 2.24) is 20.1 Å². The molecule has 0 fully saturated rings. The van der Waals surface area contributed by atoms with Gasteiger partial charge in [-0.25, -0.2) is 14.5 Å². The standard InChI is InChI=1S/C23H20N4O5/c1-32-23(31)19(11-14-4-6-16(28)7-5-14)26-22(30)18-3-2-10-24-21(18)27-20-9-8-17(29)12-15(20)13-25-27/h2-10,12-13,19,28-29H,11H2,1H3,(H,26,30)/t19-/m0/s1. The molecule has 32 heavy (non-hydrogen) atoms. The van der Waals surface area contributed by atoms with Gasteiger partial charge in [-0.3, -0.25) is 4.79 Å². The number of phenolic OH excluding ortho intramolecular Hbond substituents is 2. The van der Waals surface area contributed by atoms with Gasteiger partial charge in [0.2, 0.25) is 0 Å². The van der Waals surface area contributed by atoms with Crippen molar-refractivity contribution in [3.8, 4) is 17.3 Å². The van der Waals surface area contributed by atoms with Gasteiger partial charge in [-0.2, -0.15) is 5.10 Å². The molecule has 0 saturated carbocycles. The van der Waals surface area contributed by atoms with E-state index >= 15 is 0 Å². The Labute approximate surface area is 182 Å². The van der Waals surface area contributed by atoms with Crippen molar-refractivity contribution in [2.75, 3.05) is 7.11 Å². The molecule has 0 spiro atoms. The van der Waals surface area contributed by atoms with Crippen molar-refractivity contribution < 1.29 is 24.5 Å². The summed E-state index contributed by atoms with van der Waals surface area (Å²) in [6, 6.07) is 13.4. The summed E-state index contributed by atoms with van der Waals surface area (Å²) in [5.74, 6) is -0.640. The second-order valence-corrected chi connectivity index (χ2v) is 7.09.